The Bertz CT molecular complexity index is 552. The zero-order chi connectivity index (χ0) is 14.8. The Morgan fingerprint density at radius 2 is 2.19 bits per heavy atom. The average Bonchev–Trinajstić information content (AvgIpc) is 2.65. The summed E-state index contributed by atoms with van der Waals surface area (Å²) in [6, 6.07) is 7.17. The first-order valence-corrected chi connectivity index (χ1v) is 7.44. The van der Waals surface area contributed by atoms with Crippen molar-refractivity contribution in [2.24, 2.45) is 5.92 Å². The van der Waals surface area contributed by atoms with Crippen molar-refractivity contribution in [3.8, 4) is 0 Å². The SMILES string of the molecule is CC1C(=O)Nc2ccccc2CN1C(=O)C1CCCOC1. The van der Waals surface area contributed by atoms with Crippen molar-refractivity contribution in [1.29, 1.82) is 0 Å². The molecular weight excluding hydrogens is 268 g/mol. The van der Waals surface area contributed by atoms with Crippen molar-refractivity contribution in [2.75, 3.05) is 18.5 Å². The highest BCUT2D eigenvalue weighted by atomic mass is 16.5. The van der Waals surface area contributed by atoms with Crippen molar-refractivity contribution in [3.63, 3.8) is 0 Å². The predicted octanol–water partition coefficient (Wildman–Crippen LogP) is 1.78. The summed E-state index contributed by atoms with van der Waals surface area (Å²) >= 11 is 0. The van der Waals surface area contributed by atoms with E-state index in [1.54, 1.807) is 11.8 Å². The van der Waals surface area contributed by atoms with Crippen LogP contribution >= 0.6 is 0 Å². The lowest BCUT2D eigenvalue weighted by atomic mass is 9.99. The van der Waals surface area contributed by atoms with Gasteiger partial charge < -0.3 is 15.0 Å². The van der Waals surface area contributed by atoms with Crippen molar-refractivity contribution in [1.82, 2.24) is 4.90 Å². The molecule has 2 aliphatic heterocycles. The third-order valence-corrected chi connectivity index (χ3v) is 4.26. The molecule has 2 heterocycles. The van der Waals surface area contributed by atoms with Gasteiger partial charge in [-0.1, -0.05) is 18.2 Å². The molecule has 1 aromatic rings. The maximum Gasteiger partial charge on any atom is 0.246 e. The Kier molecular flexibility index (Phi) is 3.92. The van der Waals surface area contributed by atoms with Gasteiger partial charge in [-0.05, 0) is 31.4 Å². The number of hydrogen-bond acceptors (Lipinski definition) is 3. The lowest BCUT2D eigenvalue weighted by molar-refractivity contribution is -0.145. The van der Waals surface area contributed by atoms with Crippen LogP contribution in [-0.4, -0.2) is 36.0 Å². The molecule has 2 unspecified atom stereocenters. The van der Waals surface area contributed by atoms with Crippen LogP contribution in [0, 0.1) is 5.92 Å². The normalized spacial score (nSPS) is 25.8. The molecular formula is C16H20N2O3. The van der Waals surface area contributed by atoms with E-state index in [9.17, 15) is 9.59 Å². The van der Waals surface area contributed by atoms with Gasteiger partial charge in [0.2, 0.25) is 11.8 Å². The molecule has 1 N–H and O–H groups in total. The molecule has 0 saturated carbocycles. The summed E-state index contributed by atoms with van der Waals surface area (Å²) in [5, 5.41) is 2.90. The highest BCUT2D eigenvalue weighted by Gasteiger charge is 2.34. The number of ether oxygens (including phenoxy) is 1. The summed E-state index contributed by atoms with van der Waals surface area (Å²) < 4.78 is 5.41. The molecule has 1 aromatic carbocycles. The van der Waals surface area contributed by atoms with Crippen molar-refractivity contribution in [2.45, 2.75) is 32.4 Å². The topological polar surface area (TPSA) is 58.6 Å². The molecule has 112 valence electrons. The minimum Gasteiger partial charge on any atom is -0.381 e. The minimum atomic E-state index is -0.466. The molecule has 2 aliphatic rings. The molecule has 1 saturated heterocycles. The Morgan fingerprint density at radius 1 is 1.38 bits per heavy atom. The highest BCUT2D eigenvalue weighted by molar-refractivity contribution is 5.98. The molecule has 3 rings (SSSR count). The summed E-state index contributed by atoms with van der Waals surface area (Å²) in [5.74, 6) is -0.238. The second kappa shape index (κ2) is 5.85. The van der Waals surface area contributed by atoms with Crippen LogP contribution < -0.4 is 5.32 Å². The predicted molar refractivity (Wildman–Crippen MR) is 78.6 cm³/mol. The molecule has 0 aromatic heterocycles. The van der Waals surface area contributed by atoms with Gasteiger partial charge in [0.15, 0.2) is 0 Å². The number of carbonyl (C=O) groups excluding carboxylic acids is 2. The summed E-state index contributed by atoms with van der Waals surface area (Å²) in [6.07, 6.45) is 1.74. The summed E-state index contributed by atoms with van der Waals surface area (Å²) in [5.41, 5.74) is 1.77. The van der Waals surface area contributed by atoms with Gasteiger partial charge >= 0.3 is 0 Å². The number of nitrogens with zero attached hydrogens (tertiary/aromatic N) is 1. The van der Waals surface area contributed by atoms with Gasteiger partial charge in [-0.15, -0.1) is 0 Å². The fourth-order valence-electron chi connectivity index (χ4n) is 2.92. The number of benzene rings is 1. The molecule has 0 spiro atoms. The Morgan fingerprint density at radius 3 is 2.95 bits per heavy atom. The Labute approximate surface area is 124 Å². The first-order chi connectivity index (χ1) is 10.2. The van der Waals surface area contributed by atoms with Crippen LogP contribution in [0.5, 0.6) is 0 Å². The Hall–Kier alpha value is -1.88. The van der Waals surface area contributed by atoms with Crippen LogP contribution in [0.1, 0.15) is 25.3 Å². The molecule has 5 nitrogen and oxygen atoms in total. The van der Waals surface area contributed by atoms with Crippen molar-refractivity contribution in [3.05, 3.63) is 29.8 Å². The van der Waals surface area contributed by atoms with E-state index in [1.807, 2.05) is 24.3 Å². The molecule has 5 heteroatoms. The van der Waals surface area contributed by atoms with Crippen LogP contribution in [0.25, 0.3) is 0 Å². The Balaban J connectivity index is 1.86. The first kappa shape index (κ1) is 14.1. The largest absolute Gasteiger partial charge is 0.381 e. The van der Waals surface area contributed by atoms with E-state index >= 15 is 0 Å². The quantitative estimate of drug-likeness (QED) is 0.857. The van der Waals surface area contributed by atoms with Crippen LogP contribution in [-0.2, 0) is 20.9 Å². The molecule has 0 bridgehead atoms. The van der Waals surface area contributed by atoms with E-state index in [0.29, 0.717) is 13.2 Å². The zero-order valence-electron chi connectivity index (χ0n) is 12.2. The lowest BCUT2D eigenvalue weighted by Crippen LogP contribution is -2.47. The van der Waals surface area contributed by atoms with Crippen LogP contribution in [0.4, 0.5) is 5.69 Å². The summed E-state index contributed by atoms with van der Waals surface area (Å²) in [6.45, 7) is 3.43. The van der Waals surface area contributed by atoms with Gasteiger partial charge in [-0.2, -0.15) is 0 Å². The van der Waals surface area contributed by atoms with Gasteiger partial charge in [0, 0.05) is 18.8 Å². The van der Waals surface area contributed by atoms with E-state index in [2.05, 4.69) is 5.32 Å². The molecule has 0 aliphatic carbocycles. The summed E-state index contributed by atoms with van der Waals surface area (Å²) in [4.78, 5) is 26.7. The molecule has 0 radical (unpaired) electrons. The standard InChI is InChI=1S/C16H20N2O3/c1-11-15(19)17-14-7-3-2-5-12(14)9-18(11)16(20)13-6-4-8-21-10-13/h2-3,5,7,11,13H,4,6,8-10H2,1H3,(H,17,19). The van der Waals surface area contributed by atoms with Gasteiger partial charge in [0.05, 0.1) is 12.5 Å². The fraction of sp³-hybridized carbons (Fsp3) is 0.500. The van der Waals surface area contributed by atoms with Gasteiger partial charge in [0.25, 0.3) is 0 Å². The second-order valence-corrected chi connectivity index (χ2v) is 5.70. The number of nitrogens with one attached hydrogen (secondary N) is 1. The number of para-hydroxylation sites is 1. The molecule has 2 atom stereocenters. The number of rotatable bonds is 1. The van der Waals surface area contributed by atoms with Crippen molar-refractivity contribution < 1.29 is 14.3 Å². The number of anilines is 1. The maximum absolute atomic E-state index is 12.7. The van der Waals surface area contributed by atoms with Crippen LogP contribution in [0.3, 0.4) is 0 Å². The third-order valence-electron chi connectivity index (χ3n) is 4.26. The van der Waals surface area contributed by atoms with Gasteiger partial charge in [0.1, 0.15) is 6.04 Å². The van der Waals surface area contributed by atoms with Crippen LogP contribution in [0.15, 0.2) is 24.3 Å². The number of amides is 2. The minimum absolute atomic E-state index is 0.0223. The smallest absolute Gasteiger partial charge is 0.246 e. The average molecular weight is 288 g/mol. The summed E-state index contributed by atoms with van der Waals surface area (Å²) in [7, 11) is 0. The molecule has 21 heavy (non-hydrogen) atoms. The van der Waals surface area contributed by atoms with E-state index < -0.39 is 6.04 Å². The monoisotopic (exact) mass is 288 g/mol. The van der Waals surface area contributed by atoms with Gasteiger partial charge in [-0.3, -0.25) is 9.59 Å². The number of fused-ring (bicyclic) bond motifs is 1. The van der Waals surface area contributed by atoms with E-state index in [-0.39, 0.29) is 17.7 Å². The first-order valence-electron chi connectivity index (χ1n) is 7.44. The second-order valence-electron chi connectivity index (χ2n) is 5.70. The highest BCUT2D eigenvalue weighted by Crippen LogP contribution is 2.26. The van der Waals surface area contributed by atoms with E-state index in [4.69, 9.17) is 4.74 Å². The molecule has 2 amide bonds. The van der Waals surface area contributed by atoms with Gasteiger partial charge in [-0.25, -0.2) is 0 Å². The van der Waals surface area contributed by atoms with Crippen LogP contribution in [0.2, 0.25) is 0 Å². The van der Waals surface area contributed by atoms with E-state index in [0.717, 1.165) is 30.7 Å². The third kappa shape index (κ3) is 2.78. The fourth-order valence-corrected chi connectivity index (χ4v) is 2.92. The van der Waals surface area contributed by atoms with Crippen molar-refractivity contribution >= 4 is 17.5 Å². The maximum atomic E-state index is 12.7. The molecule has 1 fully saturated rings. The lowest BCUT2D eigenvalue weighted by Gasteiger charge is -2.31. The number of carbonyl (C=O) groups is 2. The van der Waals surface area contributed by atoms with E-state index in [1.165, 1.54) is 0 Å². The number of hydrogen-bond donors (Lipinski definition) is 1. The zero-order valence-corrected chi connectivity index (χ0v) is 12.2.